The highest BCUT2D eigenvalue weighted by atomic mass is 32.2. The SMILES string of the molecule is CC1=C(C#N)C(=O)N(CCCOC(C)C)C(=O)/C1=C/c1cn(-c2ccccc2)nc1-c1ccc(S(=O)(=O)N(C)C)cc1. The topological polar surface area (TPSA) is 126 Å². The lowest BCUT2D eigenvalue weighted by molar-refractivity contribution is -0.140. The van der Waals surface area contributed by atoms with Crippen molar-refractivity contribution in [1.82, 2.24) is 19.0 Å². The summed E-state index contributed by atoms with van der Waals surface area (Å²) in [6.07, 6.45) is 3.83. The van der Waals surface area contributed by atoms with Crippen LogP contribution in [-0.4, -0.2) is 72.6 Å². The normalized spacial score (nSPS) is 15.3. The fraction of sp³-hybridized carbons (Fsp3) is 0.290. The zero-order valence-corrected chi connectivity index (χ0v) is 25.1. The Hall–Kier alpha value is -4.37. The zero-order valence-electron chi connectivity index (χ0n) is 24.2. The maximum absolute atomic E-state index is 13.6. The third kappa shape index (κ3) is 6.26. The number of aromatic nitrogens is 2. The predicted molar refractivity (Wildman–Crippen MR) is 159 cm³/mol. The number of hydrogen-bond acceptors (Lipinski definition) is 7. The number of nitrogens with zero attached hydrogens (tertiary/aromatic N) is 5. The zero-order chi connectivity index (χ0) is 30.6. The van der Waals surface area contributed by atoms with E-state index in [4.69, 9.17) is 9.84 Å². The van der Waals surface area contributed by atoms with Gasteiger partial charge in [-0.25, -0.2) is 17.4 Å². The van der Waals surface area contributed by atoms with Crippen LogP contribution < -0.4 is 0 Å². The van der Waals surface area contributed by atoms with Gasteiger partial charge in [0.15, 0.2) is 0 Å². The molecule has 0 unspecified atom stereocenters. The lowest BCUT2D eigenvalue weighted by Crippen LogP contribution is -2.43. The molecule has 218 valence electrons. The second-order valence-electron chi connectivity index (χ2n) is 10.2. The Morgan fingerprint density at radius 3 is 2.31 bits per heavy atom. The highest BCUT2D eigenvalue weighted by molar-refractivity contribution is 7.89. The van der Waals surface area contributed by atoms with Crippen LogP contribution in [0.1, 0.15) is 32.8 Å². The van der Waals surface area contributed by atoms with Gasteiger partial charge in [0.05, 0.1) is 22.4 Å². The van der Waals surface area contributed by atoms with E-state index in [0.29, 0.717) is 29.8 Å². The van der Waals surface area contributed by atoms with Crippen molar-refractivity contribution in [2.24, 2.45) is 0 Å². The van der Waals surface area contributed by atoms with Crippen molar-refractivity contribution < 1.29 is 22.7 Å². The van der Waals surface area contributed by atoms with Gasteiger partial charge in [-0.15, -0.1) is 0 Å². The molecule has 0 saturated heterocycles. The van der Waals surface area contributed by atoms with Gasteiger partial charge in [0, 0.05) is 50.1 Å². The minimum atomic E-state index is -3.63. The molecule has 0 saturated carbocycles. The highest BCUT2D eigenvalue weighted by Gasteiger charge is 2.35. The van der Waals surface area contributed by atoms with E-state index in [9.17, 15) is 23.3 Å². The summed E-state index contributed by atoms with van der Waals surface area (Å²) in [4.78, 5) is 27.9. The van der Waals surface area contributed by atoms with E-state index in [0.717, 1.165) is 14.9 Å². The van der Waals surface area contributed by atoms with Crippen LogP contribution >= 0.6 is 0 Å². The average Bonchev–Trinajstić information content (AvgIpc) is 3.39. The number of amides is 2. The summed E-state index contributed by atoms with van der Waals surface area (Å²) in [5.74, 6) is -1.13. The number of hydrogen-bond donors (Lipinski definition) is 0. The van der Waals surface area contributed by atoms with Gasteiger partial charge >= 0.3 is 0 Å². The predicted octanol–water partition coefficient (Wildman–Crippen LogP) is 4.20. The fourth-order valence-electron chi connectivity index (χ4n) is 4.46. The highest BCUT2D eigenvalue weighted by Crippen LogP contribution is 2.32. The van der Waals surface area contributed by atoms with Crippen molar-refractivity contribution in [2.45, 2.75) is 38.2 Å². The Bertz CT molecular complexity index is 1700. The second kappa shape index (κ2) is 12.7. The molecule has 11 heteroatoms. The minimum absolute atomic E-state index is 0.0154. The van der Waals surface area contributed by atoms with Crippen LogP contribution in [-0.2, 0) is 24.3 Å². The number of rotatable bonds is 10. The van der Waals surface area contributed by atoms with Gasteiger partial charge in [-0.3, -0.25) is 14.5 Å². The molecule has 2 aromatic carbocycles. The van der Waals surface area contributed by atoms with E-state index in [1.54, 1.807) is 36.0 Å². The van der Waals surface area contributed by atoms with E-state index in [1.807, 2.05) is 50.2 Å². The lowest BCUT2D eigenvalue weighted by atomic mass is 9.93. The number of imide groups is 1. The summed E-state index contributed by atoms with van der Waals surface area (Å²) in [7, 11) is -0.698. The van der Waals surface area contributed by atoms with E-state index < -0.39 is 21.8 Å². The molecule has 1 aliphatic rings. The number of carbonyl (C=O) groups is 2. The molecular weight excluding hydrogens is 554 g/mol. The molecular formula is C31H33N5O5S. The van der Waals surface area contributed by atoms with Crippen molar-refractivity contribution in [3.8, 4) is 23.0 Å². The molecule has 4 rings (SSSR count). The van der Waals surface area contributed by atoms with Crippen LogP contribution in [0.4, 0.5) is 0 Å². The second-order valence-corrected chi connectivity index (χ2v) is 12.4. The first kappa shape index (κ1) is 30.6. The third-order valence-electron chi connectivity index (χ3n) is 6.77. The van der Waals surface area contributed by atoms with Crippen LogP contribution in [0.5, 0.6) is 0 Å². The van der Waals surface area contributed by atoms with Crippen molar-refractivity contribution >= 4 is 27.9 Å². The first-order chi connectivity index (χ1) is 19.9. The number of benzene rings is 2. The van der Waals surface area contributed by atoms with Gasteiger partial charge in [-0.05, 0) is 63.1 Å². The van der Waals surface area contributed by atoms with Crippen LogP contribution in [0.25, 0.3) is 23.0 Å². The maximum atomic E-state index is 13.6. The molecule has 0 aliphatic carbocycles. The van der Waals surface area contributed by atoms with Gasteiger partial charge in [0.25, 0.3) is 11.8 Å². The van der Waals surface area contributed by atoms with Crippen LogP contribution in [0.3, 0.4) is 0 Å². The Balaban J connectivity index is 1.81. The number of carbonyl (C=O) groups excluding carboxylic acids is 2. The summed E-state index contributed by atoms with van der Waals surface area (Å²) in [6, 6.07) is 17.7. The van der Waals surface area contributed by atoms with Crippen molar-refractivity contribution in [3.63, 3.8) is 0 Å². The smallest absolute Gasteiger partial charge is 0.271 e. The number of sulfonamides is 1. The Morgan fingerprint density at radius 1 is 1.05 bits per heavy atom. The van der Waals surface area contributed by atoms with Crippen molar-refractivity contribution in [2.75, 3.05) is 27.2 Å². The molecule has 0 N–H and O–H groups in total. The van der Waals surface area contributed by atoms with E-state index >= 15 is 0 Å². The number of para-hydroxylation sites is 1. The van der Waals surface area contributed by atoms with Crippen LogP contribution in [0.15, 0.2) is 82.4 Å². The van der Waals surface area contributed by atoms with Crippen LogP contribution in [0.2, 0.25) is 0 Å². The van der Waals surface area contributed by atoms with Crippen molar-refractivity contribution in [3.05, 3.63) is 83.1 Å². The molecule has 0 fully saturated rings. The molecule has 0 bridgehead atoms. The monoisotopic (exact) mass is 587 g/mol. The number of nitriles is 1. The lowest BCUT2D eigenvalue weighted by Gasteiger charge is -2.27. The van der Waals surface area contributed by atoms with Gasteiger partial charge in [-0.2, -0.15) is 10.4 Å². The fourth-order valence-corrected chi connectivity index (χ4v) is 5.36. The minimum Gasteiger partial charge on any atom is -0.379 e. The molecule has 2 heterocycles. The Labute approximate surface area is 246 Å². The maximum Gasteiger partial charge on any atom is 0.271 e. The first-order valence-corrected chi connectivity index (χ1v) is 14.9. The van der Waals surface area contributed by atoms with Crippen LogP contribution in [0, 0.1) is 11.3 Å². The largest absolute Gasteiger partial charge is 0.379 e. The Morgan fingerprint density at radius 2 is 1.71 bits per heavy atom. The van der Waals surface area contributed by atoms with E-state index in [-0.39, 0.29) is 34.3 Å². The summed E-state index contributed by atoms with van der Waals surface area (Å²) in [5, 5.41) is 14.6. The quantitative estimate of drug-likeness (QED) is 0.198. The van der Waals surface area contributed by atoms with E-state index in [1.165, 1.54) is 26.2 Å². The van der Waals surface area contributed by atoms with E-state index in [2.05, 4.69) is 0 Å². The molecule has 0 spiro atoms. The summed E-state index contributed by atoms with van der Waals surface area (Å²) < 4.78 is 33.6. The molecule has 42 heavy (non-hydrogen) atoms. The first-order valence-electron chi connectivity index (χ1n) is 13.4. The Kier molecular flexibility index (Phi) is 9.21. The molecule has 0 atom stereocenters. The third-order valence-corrected chi connectivity index (χ3v) is 8.60. The molecule has 1 aromatic heterocycles. The summed E-state index contributed by atoms with van der Waals surface area (Å²) in [6.45, 7) is 5.87. The number of ether oxygens (including phenoxy) is 1. The van der Waals surface area contributed by atoms with Gasteiger partial charge in [-0.1, -0.05) is 30.3 Å². The molecule has 1 aliphatic heterocycles. The summed E-state index contributed by atoms with van der Waals surface area (Å²) >= 11 is 0. The average molecular weight is 588 g/mol. The molecule has 10 nitrogen and oxygen atoms in total. The standard InChI is InChI=1S/C31H33N5O5S/c1-21(2)41-17-9-16-35-30(37)27(22(3)28(19-32)31(35)38)18-24-20-36(25-10-7-6-8-11-25)33-29(24)23-12-14-26(15-13-23)42(39,40)34(4)5/h6-8,10-15,18,20-21H,9,16-17H2,1-5H3/b27-18+. The van der Waals surface area contributed by atoms with Gasteiger partial charge < -0.3 is 4.74 Å². The molecule has 0 radical (unpaired) electrons. The molecule has 2 amide bonds. The van der Waals surface area contributed by atoms with Crippen molar-refractivity contribution in [1.29, 1.82) is 5.26 Å². The van der Waals surface area contributed by atoms with Gasteiger partial charge in [0.2, 0.25) is 10.0 Å². The van der Waals surface area contributed by atoms with Gasteiger partial charge in [0.1, 0.15) is 11.6 Å². The molecule has 3 aromatic rings. The summed E-state index contributed by atoms with van der Waals surface area (Å²) in [5.41, 5.74) is 2.84.